The molecular weight excluding hydrogens is 280 g/mol. The van der Waals surface area contributed by atoms with Gasteiger partial charge in [0.15, 0.2) is 9.84 Å². The normalized spacial score (nSPS) is 11.5. The molecule has 0 unspecified atom stereocenters. The van der Waals surface area contributed by atoms with Crippen molar-refractivity contribution in [2.75, 3.05) is 0 Å². The number of hydrogen-bond acceptors (Lipinski definition) is 4. The summed E-state index contributed by atoms with van der Waals surface area (Å²) in [6.07, 6.45) is 0. The first-order chi connectivity index (χ1) is 9.29. The smallest absolute Gasteiger partial charge is 0.372 e. The minimum Gasteiger partial charge on any atom is -0.475 e. The molecule has 1 aromatic carbocycles. The fraction of sp³-hybridized carbons (Fsp3) is 0.214. The average molecular weight is 294 g/mol. The number of benzene rings is 1. The van der Waals surface area contributed by atoms with Crippen LogP contribution in [0.1, 0.15) is 27.4 Å². The van der Waals surface area contributed by atoms with E-state index in [1.807, 2.05) is 0 Å². The number of carboxylic acids is 1. The third-order valence-electron chi connectivity index (χ3n) is 2.84. The Kier molecular flexibility index (Phi) is 3.67. The molecule has 0 aliphatic heterocycles. The molecule has 0 atom stereocenters. The molecule has 106 valence electrons. The van der Waals surface area contributed by atoms with E-state index in [2.05, 4.69) is 0 Å². The lowest BCUT2D eigenvalue weighted by molar-refractivity contribution is 0.0659. The Labute approximate surface area is 116 Å². The molecule has 0 saturated heterocycles. The van der Waals surface area contributed by atoms with Gasteiger partial charge in [-0.1, -0.05) is 12.1 Å². The lowest BCUT2D eigenvalue weighted by Crippen LogP contribution is -2.04. The molecule has 0 aliphatic carbocycles. The SMILES string of the molecule is Cc1cccc(S(=O)(=O)Cc2cc(C)c(C(=O)O)o2)c1. The van der Waals surface area contributed by atoms with Crippen molar-refractivity contribution in [3.63, 3.8) is 0 Å². The number of aryl methyl sites for hydroxylation is 2. The molecule has 1 aromatic heterocycles. The summed E-state index contributed by atoms with van der Waals surface area (Å²) in [5, 5.41) is 8.89. The van der Waals surface area contributed by atoms with Crippen molar-refractivity contribution in [2.24, 2.45) is 0 Å². The van der Waals surface area contributed by atoms with Crippen LogP contribution in [0.5, 0.6) is 0 Å². The number of rotatable bonds is 4. The molecule has 2 aromatic rings. The highest BCUT2D eigenvalue weighted by atomic mass is 32.2. The van der Waals surface area contributed by atoms with Crippen molar-refractivity contribution in [3.05, 3.63) is 53.0 Å². The minimum absolute atomic E-state index is 0.126. The molecule has 5 nitrogen and oxygen atoms in total. The van der Waals surface area contributed by atoms with Gasteiger partial charge in [-0.3, -0.25) is 0 Å². The molecule has 0 aliphatic rings. The summed E-state index contributed by atoms with van der Waals surface area (Å²) in [5.41, 5.74) is 1.25. The van der Waals surface area contributed by atoms with E-state index in [0.717, 1.165) is 5.56 Å². The molecular formula is C14H14O5S. The zero-order valence-corrected chi connectivity index (χ0v) is 11.9. The number of aromatic carboxylic acids is 1. The summed E-state index contributed by atoms with van der Waals surface area (Å²) >= 11 is 0. The van der Waals surface area contributed by atoms with Crippen LogP contribution in [-0.4, -0.2) is 19.5 Å². The van der Waals surface area contributed by atoms with E-state index in [9.17, 15) is 13.2 Å². The molecule has 2 rings (SSSR count). The van der Waals surface area contributed by atoms with Gasteiger partial charge in [0, 0.05) is 5.56 Å². The van der Waals surface area contributed by atoms with Crippen LogP contribution in [0, 0.1) is 13.8 Å². The van der Waals surface area contributed by atoms with Crippen LogP contribution in [0.25, 0.3) is 0 Å². The Morgan fingerprint density at radius 1 is 1.25 bits per heavy atom. The van der Waals surface area contributed by atoms with Gasteiger partial charge in [0.05, 0.1) is 4.90 Å². The standard InChI is InChI=1S/C14H14O5S/c1-9-4-3-5-12(6-9)20(17,18)8-11-7-10(2)13(19-11)14(15)16/h3-7H,8H2,1-2H3,(H,15,16). The zero-order chi connectivity index (χ0) is 14.9. The molecule has 0 spiro atoms. The third-order valence-corrected chi connectivity index (χ3v) is 4.48. The molecule has 0 radical (unpaired) electrons. The number of carbonyl (C=O) groups is 1. The van der Waals surface area contributed by atoms with E-state index >= 15 is 0 Å². The van der Waals surface area contributed by atoms with Crippen LogP contribution in [0.3, 0.4) is 0 Å². The highest BCUT2D eigenvalue weighted by Gasteiger charge is 2.21. The van der Waals surface area contributed by atoms with Crippen LogP contribution in [0.4, 0.5) is 0 Å². The number of furan rings is 1. The van der Waals surface area contributed by atoms with E-state index in [1.54, 1.807) is 32.0 Å². The van der Waals surface area contributed by atoms with Crippen molar-refractivity contribution < 1.29 is 22.7 Å². The van der Waals surface area contributed by atoms with Crippen molar-refractivity contribution >= 4 is 15.8 Å². The second-order valence-electron chi connectivity index (χ2n) is 4.61. The maximum absolute atomic E-state index is 12.2. The Morgan fingerprint density at radius 2 is 1.95 bits per heavy atom. The molecule has 1 N–H and O–H groups in total. The maximum atomic E-state index is 12.2. The lowest BCUT2D eigenvalue weighted by atomic mass is 10.2. The second kappa shape index (κ2) is 5.13. The first-order valence-electron chi connectivity index (χ1n) is 5.91. The van der Waals surface area contributed by atoms with Gasteiger partial charge in [-0.2, -0.15) is 0 Å². The Bertz CT molecular complexity index is 756. The van der Waals surface area contributed by atoms with E-state index in [0.29, 0.717) is 5.56 Å². The first-order valence-corrected chi connectivity index (χ1v) is 7.57. The summed E-state index contributed by atoms with van der Waals surface area (Å²) < 4.78 is 29.6. The van der Waals surface area contributed by atoms with Crippen molar-refractivity contribution in [1.29, 1.82) is 0 Å². The predicted octanol–water partition coefficient (Wildman–Crippen LogP) is 2.57. The van der Waals surface area contributed by atoms with Crippen molar-refractivity contribution in [3.8, 4) is 0 Å². The van der Waals surface area contributed by atoms with Gasteiger partial charge in [-0.25, -0.2) is 13.2 Å². The van der Waals surface area contributed by atoms with Crippen LogP contribution in [-0.2, 0) is 15.6 Å². The van der Waals surface area contributed by atoms with E-state index in [4.69, 9.17) is 9.52 Å². The summed E-state index contributed by atoms with van der Waals surface area (Å²) in [7, 11) is -3.55. The van der Waals surface area contributed by atoms with Crippen LogP contribution in [0.2, 0.25) is 0 Å². The summed E-state index contributed by atoms with van der Waals surface area (Å²) in [5.74, 6) is -1.66. The molecule has 1 heterocycles. The zero-order valence-electron chi connectivity index (χ0n) is 11.1. The lowest BCUT2D eigenvalue weighted by Gasteiger charge is -2.03. The van der Waals surface area contributed by atoms with Gasteiger partial charge in [0.2, 0.25) is 5.76 Å². The van der Waals surface area contributed by atoms with Crippen LogP contribution >= 0.6 is 0 Å². The van der Waals surface area contributed by atoms with Crippen LogP contribution < -0.4 is 0 Å². The van der Waals surface area contributed by atoms with Crippen LogP contribution in [0.15, 0.2) is 39.6 Å². The van der Waals surface area contributed by atoms with Gasteiger partial charge in [-0.15, -0.1) is 0 Å². The number of hydrogen-bond donors (Lipinski definition) is 1. The summed E-state index contributed by atoms with van der Waals surface area (Å²) in [6.45, 7) is 3.37. The van der Waals surface area contributed by atoms with Crippen molar-refractivity contribution in [2.45, 2.75) is 24.5 Å². The number of carboxylic acid groups (broad SMARTS) is 1. The highest BCUT2D eigenvalue weighted by Crippen LogP contribution is 2.21. The second-order valence-corrected chi connectivity index (χ2v) is 6.60. The molecule has 0 amide bonds. The first kappa shape index (κ1) is 14.3. The fourth-order valence-corrected chi connectivity index (χ4v) is 3.25. The molecule has 0 saturated carbocycles. The topological polar surface area (TPSA) is 84.6 Å². The quantitative estimate of drug-likeness (QED) is 0.936. The van der Waals surface area contributed by atoms with E-state index in [1.165, 1.54) is 12.1 Å². The van der Waals surface area contributed by atoms with Gasteiger partial charge in [0.1, 0.15) is 11.5 Å². The van der Waals surface area contributed by atoms with Gasteiger partial charge >= 0.3 is 5.97 Å². The Balaban J connectivity index is 2.34. The van der Waals surface area contributed by atoms with E-state index < -0.39 is 15.8 Å². The van der Waals surface area contributed by atoms with E-state index in [-0.39, 0.29) is 22.2 Å². The predicted molar refractivity (Wildman–Crippen MR) is 72.5 cm³/mol. The van der Waals surface area contributed by atoms with Crippen molar-refractivity contribution in [1.82, 2.24) is 0 Å². The number of sulfone groups is 1. The third kappa shape index (κ3) is 2.91. The Hall–Kier alpha value is -2.08. The molecule has 6 heteroatoms. The Morgan fingerprint density at radius 3 is 2.50 bits per heavy atom. The fourth-order valence-electron chi connectivity index (χ4n) is 1.91. The summed E-state index contributed by atoms with van der Waals surface area (Å²) in [6, 6.07) is 7.99. The largest absolute Gasteiger partial charge is 0.475 e. The average Bonchev–Trinajstić information content (AvgIpc) is 2.69. The highest BCUT2D eigenvalue weighted by molar-refractivity contribution is 7.90. The minimum atomic E-state index is -3.55. The van der Waals surface area contributed by atoms with Gasteiger partial charge < -0.3 is 9.52 Å². The molecule has 20 heavy (non-hydrogen) atoms. The monoisotopic (exact) mass is 294 g/mol. The maximum Gasteiger partial charge on any atom is 0.372 e. The summed E-state index contributed by atoms with van der Waals surface area (Å²) in [4.78, 5) is 11.1. The van der Waals surface area contributed by atoms with Gasteiger partial charge in [-0.05, 0) is 37.6 Å². The molecule has 0 fully saturated rings. The molecule has 0 bridgehead atoms. The van der Waals surface area contributed by atoms with Gasteiger partial charge in [0.25, 0.3) is 0 Å².